The number of fused-ring (bicyclic) bond motifs is 1. The molecular formula is C23H25N3O4. The van der Waals surface area contributed by atoms with E-state index < -0.39 is 6.04 Å². The summed E-state index contributed by atoms with van der Waals surface area (Å²) in [4.78, 5) is 31.3. The Balaban J connectivity index is 1.27. The van der Waals surface area contributed by atoms with E-state index in [1.54, 1.807) is 23.2 Å². The minimum Gasteiger partial charge on any atom is -0.491 e. The van der Waals surface area contributed by atoms with E-state index in [4.69, 9.17) is 9.15 Å². The minimum absolute atomic E-state index is 0.124. The molecule has 0 aliphatic carbocycles. The lowest BCUT2D eigenvalue weighted by atomic mass is 10.0. The van der Waals surface area contributed by atoms with Crippen molar-refractivity contribution in [3.63, 3.8) is 0 Å². The van der Waals surface area contributed by atoms with E-state index in [1.165, 1.54) is 6.26 Å². The standard InChI is InChI=1S/C23H25N3O4/c27-22(18-9-1-2-14-26(18)23(28)20-11-5-15-30-20)25-13-6-16-29-19-10-3-7-17-8-4-12-24-21(17)19/h3-5,7-8,10-12,15,18H,1-2,6,9,13-14,16H2,(H,25,27). The van der Waals surface area contributed by atoms with E-state index in [-0.39, 0.29) is 17.6 Å². The van der Waals surface area contributed by atoms with Crippen molar-refractivity contribution in [2.75, 3.05) is 19.7 Å². The molecule has 3 aromatic rings. The number of benzene rings is 1. The second-order valence-corrected chi connectivity index (χ2v) is 7.31. The maximum absolute atomic E-state index is 12.7. The molecule has 0 bridgehead atoms. The van der Waals surface area contributed by atoms with Gasteiger partial charge in [0.15, 0.2) is 5.76 Å². The van der Waals surface area contributed by atoms with Gasteiger partial charge in [0, 0.05) is 24.7 Å². The monoisotopic (exact) mass is 407 g/mol. The van der Waals surface area contributed by atoms with Crippen LogP contribution in [0.2, 0.25) is 0 Å². The maximum Gasteiger partial charge on any atom is 0.290 e. The number of carbonyl (C=O) groups is 2. The first-order chi connectivity index (χ1) is 14.7. The van der Waals surface area contributed by atoms with Crippen LogP contribution in [0.4, 0.5) is 0 Å². The topological polar surface area (TPSA) is 84.7 Å². The van der Waals surface area contributed by atoms with Gasteiger partial charge in [0.05, 0.1) is 12.9 Å². The molecule has 4 rings (SSSR count). The first-order valence-corrected chi connectivity index (χ1v) is 10.3. The molecule has 2 aromatic heterocycles. The molecule has 30 heavy (non-hydrogen) atoms. The van der Waals surface area contributed by atoms with Crippen molar-refractivity contribution in [2.45, 2.75) is 31.7 Å². The van der Waals surface area contributed by atoms with Crippen LogP contribution in [-0.2, 0) is 4.79 Å². The van der Waals surface area contributed by atoms with Gasteiger partial charge < -0.3 is 19.4 Å². The predicted octanol–water partition coefficient (Wildman–Crippen LogP) is 3.41. The lowest BCUT2D eigenvalue weighted by Crippen LogP contribution is -2.52. The van der Waals surface area contributed by atoms with Crippen LogP contribution in [0.25, 0.3) is 10.9 Å². The average Bonchev–Trinajstić information content (AvgIpc) is 3.33. The number of piperidine rings is 1. The van der Waals surface area contributed by atoms with E-state index in [2.05, 4.69) is 10.3 Å². The number of para-hydroxylation sites is 1. The highest BCUT2D eigenvalue weighted by Crippen LogP contribution is 2.23. The quantitative estimate of drug-likeness (QED) is 0.607. The minimum atomic E-state index is -0.459. The smallest absolute Gasteiger partial charge is 0.290 e. The number of rotatable bonds is 7. The summed E-state index contributed by atoms with van der Waals surface area (Å²) in [5, 5.41) is 3.98. The van der Waals surface area contributed by atoms with Gasteiger partial charge in [-0.3, -0.25) is 14.6 Å². The third kappa shape index (κ3) is 4.45. The Labute approximate surface area is 175 Å². The molecule has 7 nitrogen and oxygen atoms in total. The third-order valence-corrected chi connectivity index (χ3v) is 5.27. The van der Waals surface area contributed by atoms with Gasteiger partial charge in [0.25, 0.3) is 5.91 Å². The molecule has 1 aliphatic rings. The number of carbonyl (C=O) groups excluding carboxylic acids is 2. The van der Waals surface area contributed by atoms with Crippen LogP contribution in [0.5, 0.6) is 5.75 Å². The molecule has 1 saturated heterocycles. The molecule has 0 spiro atoms. The Morgan fingerprint density at radius 2 is 2.07 bits per heavy atom. The summed E-state index contributed by atoms with van der Waals surface area (Å²) in [6.45, 7) is 1.51. The highest BCUT2D eigenvalue weighted by atomic mass is 16.5. The Morgan fingerprint density at radius 1 is 1.17 bits per heavy atom. The second-order valence-electron chi connectivity index (χ2n) is 7.31. The number of likely N-dealkylation sites (tertiary alicyclic amines) is 1. The molecule has 2 amide bonds. The van der Waals surface area contributed by atoms with Gasteiger partial charge in [0.2, 0.25) is 5.91 Å². The number of hydrogen-bond acceptors (Lipinski definition) is 5. The summed E-state index contributed by atoms with van der Waals surface area (Å²) in [5.41, 5.74) is 0.832. The summed E-state index contributed by atoms with van der Waals surface area (Å²) >= 11 is 0. The molecular weight excluding hydrogens is 382 g/mol. The number of hydrogen-bond donors (Lipinski definition) is 1. The van der Waals surface area contributed by atoms with E-state index in [0.29, 0.717) is 32.5 Å². The lowest BCUT2D eigenvalue weighted by molar-refractivity contribution is -0.126. The fraction of sp³-hybridized carbons (Fsp3) is 0.348. The first-order valence-electron chi connectivity index (χ1n) is 10.3. The predicted molar refractivity (Wildman–Crippen MR) is 112 cm³/mol. The van der Waals surface area contributed by atoms with E-state index in [1.807, 2.05) is 30.3 Å². The van der Waals surface area contributed by atoms with Crippen LogP contribution in [0, 0.1) is 0 Å². The zero-order valence-electron chi connectivity index (χ0n) is 16.8. The summed E-state index contributed by atoms with van der Waals surface area (Å²) in [5.74, 6) is 0.654. The van der Waals surface area contributed by atoms with Crippen LogP contribution in [0.1, 0.15) is 36.2 Å². The van der Waals surface area contributed by atoms with Gasteiger partial charge in [-0.25, -0.2) is 0 Å². The number of nitrogens with zero attached hydrogens (tertiary/aromatic N) is 2. The Bertz CT molecular complexity index is 997. The Kier molecular flexibility index (Phi) is 6.27. The van der Waals surface area contributed by atoms with Crippen LogP contribution in [0.15, 0.2) is 59.3 Å². The van der Waals surface area contributed by atoms with Crippen molar-refractivity contribution in [2.24, 2.45) is 0 Å². The number of aromatic nitrogens is 1. The molecule has 7 heteroatoms. The third-order valence-electron chi connectivity index (χ3n) is 5.27. The second kappa shape index (κ2) is 9.43. The van der Waals surface area contributed by atoms with Gasteiger partial charge in [-0.2, -0.15) is 0 Å². The van der Waals surface area contributed by atoms with Gasteiger partial charge in [0.1, 0.15) is 17.3 Å². The van der Waals surface area contributed by atoms with Gasteiger partial charge in [-0.05, 0) is 49.9 Å². The van der Waals surface area contributed by atoms with Crippen LogP contribution >= 0.6 is 0 Å². The molecule has 1 aliphatic heterocycles. The molecule has 1 N–H and O–H groups in total. The van der Waals surface area contributed by atoms with Crippen LogP contribution in [-0.4, -0.2) is 47.4 Å². The fourth-order valence-electron chi connectivity index (χ4n) is 3.77. The highest BCUT2D eigenvalue weighted by Gasteiger charge is 2.33. The van der Waals surface area contributed by atoms with E-state index in [0.717, 1.165) is 29.5 Å². The molecule has 1 atom stereocenters. The first kappa shape index (κ1) is 19.9. The lowest BCUT2D eigenvalue weighted by Gasteiger charge is -2.34. The zero-order valence-corrected chi connectivity index (χ0v) is 16.8. The molecule has 0 radical (unpaired) electrons. The van der Waals surface area contributed by atoms with Crippen molar-refractivity contribution in [3.05, 3.63) is 60.7 Å². The normalized spacial score (nSPS) is 16.4. The maximum atomic E-state index is 12.7. The Hall–Kier alpha value is -3.35. The SMILES string of the molecule is O=C(NCCCOc1cccc2cccnc12)C1CCCCN1C(=O)c1ccco1. The fourth-order valence-corrected chi connectivity index (χ4v) is 3.77. The van der Waals surface area contributed by atoms with Crippen LogP contribution in [0.3, 0.4) is 0 Å². The molecule has 0 saturated carbocycles. The number of pyridine rings is 1. The highest BCUT2D eigenvalue weighted by molar-refractivity contribution is 5.95. The number of nitrogens with one attached hydrogen (secondary N) is 1. The molecule has 1 aromatic carbocycles. The summed E-state index contributed by atoms with van der Waals surface area (Å²) in [6, 6.07) is 12.6. The summed E-state index contributed by atoms with van der Waals surface area (Å²) in [6.07, 6.45) is 6.36. The van der Waals surface area contributed by atoms with Crippen LogP contribution < -0.4 is 10.1 Å². The summed E-state index contributed by atoms with van der Waals surface area (Å²) < 4.78 is 11.1. The largest absolute Gasteiger partial charge is 0.491 e. The number of ether oxygens (including phenoxy) is 1. The van der Waals surface area contributed by atoms with Crippen molar-refractivity contribution < 1.29 is 18.7 Å². The van der Waals surface area contributed by atoms with E-state index >= 15 is 0 Å². The zero-order chi connectivity index (χ0) is 20.8. The van der Waals surface area contributed by atoms with Crippen molar-refractivity contribution in [3.8, 4) is 5.75 Å². The number of furan rings is 1. The van der Waals surface area contributed by atoms with Crippen molar-refractivity contribution in [1.29, 1.82) is 0 Å². The van der Waals surface area contributed by atoms with Crippen molar-refractivity contribution >= 4 is 22.7 Å². The van der Waals surface area contributed by atoms with Gasteiger partial charge >= 0.3 is 0 Å². The molecule has 3 heterocycles. The summed E-state index contributed by atoms with van der Waals surface area (Å²) in [7, 11) is 0. The Morgan fingerprint density at radius 3 is 2.93 bits per heavy atom. The van der Waals surface area contributed by atoms with Gasteiger partial charge in [-0.1, -0.05) is 18.2 Å². The molecule has 156 valence electrons. The van der Waals surface area contributed by atoms with Crippen molar-refractivity contribution in [1.82, 2.24) is 15.2 Å². The number of amides is 2. The van der Waals surface area contributed by atoms with Gasteiger partial charge in [-0.15, -0.1) is 0 Å². The van der Waals surface area contributed by atoms with E-state index in [9.17, 15) is 9.59 Å². The molecule has 1 unspecified atom stereocenters. The average molecular weight is 407 g/mol. The molecule has 1 fully saturated rings.